The lowest BCUT2D eigenvalue weighted by Gasteiger charge is -2.26. The first-order valence-corrected chi connectivity index (χ1v) is 7.21. The number of fused-ring (bicyclic) bond motifs is 1. The third-order valence-electron chi connectivity index (χ3n) is 5.03. The largest absolute Gasteiger partial charge is 0.393 e. The first kappa shape index (κ1) is 11.5. The van der Waals surface area contributed by atoms with Crippen molar-refractivity contribution >= 4 is 5.91 Å². The molecular weight excluding hydrogens is 214 g/mol. The van der Waals surface area contributed by atoms with E-state index in [9.17, 15) is 9.90 Å². The Balaban J connectivity index is 1.41. The molecule has 3 nitrogen and oxygen atoms in total. The van der Waals surface area contributed by atoms with Crippen LogP contribution in [0.5, 0.6) is 0 Å². The standard InChI is InChI=1S/C14H23NO2/c16-10-4-1-3-9(7-10)8-15-14(17)13-11-5-2-6-12(11)13/h9-13,16H,1-8H2,(H,15,17). The van der Waals surface area contributed by atoms with Gasteiger partial charge in [-0.05, 0) is 49.9 Å². The van der Waals surface area contributed by atoms with Gasteiger partial charge in [0, 0.05) is 12.5 Å². The first-order chi connectivity index (χ1) is 8.25. The van der Waals surface area contributed by atoms with Crippen LogP contribution in [-0.2, 0) is 4.79 Å². The summed E-state index contributed by atoms with van der Waals surface area (Å²) in [7, 11) is 0. The summed E-state index contributed by atoms with van der Waals surface area (Å²) in [6.07, 6.45) is 7.82. The summed E-state index contributed by atoms with van der Waals surface area (Å²) in [5.41, 5.74) is 0. The predicted octanol–water partition coefficient (Wildman–Crippen LogP) is 1.70. The van der Waals surface area contributed by atoms with Crippen molar-refractivity contribution in [3.8, 4) is 0 Å². The molecule has 0 aromatic heterocycles. The van der Waals surface area contributed by atoms with Gasteiger partial charge < -0.3 is 10.4 Å². The van der Waals surface area contributed by atoms with E-state index < -0.39 is 0 Å². The molecule has 3 saturated carbocycles. The van der Waals surface area contributed by atoms with Gasteiger partial charge in [0.05, 0.1) is 6.10 Å². The number of aliphatic hydroxyl groups is 1. The van der Waals surface area contributed by atoms with Gasteiger partial charge in [0.1, 0.15) is 0 Å². The van der Waals surface area contributed by atoms with Gasteiger partial charge in [-0.2, -0.15) is 0 Å². The normalized spacial score (nSPS) is 44.2. The van der Waals surface area contributed by atoms with Gasteiger partial charge in [-0.25, -0.2) is 0 Å². The minimum atomic E-state index is -0.133. The molecular formula is C14H23NO2. The third kappa shape index (κ3) is 2.35. The van der Waals surface area contributed by atoms with Crippen LogP contribution >= 0.6 is 0 Å². The van der Waals surface area contributed by atoms with E-state index in [4.69, 9.17) is 0 Å². The summed E-state index contributed by atoms with van der Waals surface area (Å²) in [6, 6.07) is 0. The van der Waals surface area contributed by atoms with Gasteiger partial charge in [0.25, 0.3) is 0 Å². The molecule has 0 spiro atoms. The molecule has 17 heavy (non-hydrogen) atoms. The highest BCUT2D eigenvalue weighted by molar-refractivity contribution is 5.82. The fourth-order valence-corrected chi connectivity index (χ4v) is 4.02. The van der Waals surface area contributed by atoms with E-state index in [1.807, 2.05) is 0 Å². The molecule has 2 N–H and O–H groups in total. The predicted molar refractivity (Wildman–Crippen MR) is 65.3 cm³/mol. The van der Waals surface area contributed by atoms with E-state index in [1.165, 1.54) is 19.3 Å². The number of carbonyl (C=O) groups is 1. The summed E-state index contributed by atoms with van der Waals surface area (Å²) >= 11 is 0. The van der Waals surface area contributed by atoms with Gasteiger partial charge in [0.15, 0.2) is 0 Å². The lowest BCUT2D eigenvalue weighted by molar-refractivity contribution is -0.123. The molecule has 0 bridgehead atoms. The zero-order valence-corrected chi connectivity index (χ0v) is 10.4. The molecule has 4 atom stereocenters. The van der Waals surface area contributed by atoms with Crippen molar-refractivity contribution in [2.24, 2.45) is 23.7 Å². The molecule has 0 saturated heterocycles. The Morgan fingerprint density at radius 3 is 2.53 bits per heavy atom. The van der Waals surface area contributed by atoms with Crippen LogP contribution in [0.4, 0.5) is 0 Å². The van der Waals surface area contributed by atoms with E-state index in [2.05, 4.69) is 5.32 Å². The van der Waals surface area contributed by atoms with Crippen molar-refractivity contribution in [2.75, 3.05) is 6.54 Å². The monoisotopic (exact) mass is 237 g/mol. The average molecular weight is 237 g/mol. The second kappa shape index (κ2) is 4.60. The van der Waals surface area contributed by atoms with Crippen LogP contribution < -0.4 is 5.32 Å². The van der Waals surface area contributed by atoms with Gasteiger partial charge in [-0.3, -0.25) is 4.79 Å². The zero-order valence-electron chi connectivity index (χ0n) is 10.4. The Labute approximate surface area is 103 Å². The zero-order chi connectivity index (χ0) is 11.8. The molecule has 3 rings (SSSR count). The summed E-state index contributed by atoms with van der Waals surface area (Å²) in [5.74, 6) is 2.57. The Morgan fingerprint density at radius 2 is 1.82 bits per heavy atom. The van der Waals surface area contributed by atoms with E-state index in [-0.39, 0.29) is 6.10 Å². The van der Waals surface area contributed by atoms with Crippen LogP contribution in [0.15, 0.2) is 0 Å². The van der Waals surface area contributed by atoms with Gasteiger partial charge in [-0.1, -0.05) is 12.8 Å². The minimum Gasteiger partial charge on any atom is -0.393 e. The molecule has 0 radical (unpaired) electrons. The molecule has 1 amide bonds. The highest BCUT2D eigenvalue weighted by Gasteiger charge is 2.56. The van der Waals surface area contributed by atoms with Crippen molar-refractivity contribution in [1.82, 2.24) is 5.32 Å². The fraction of sp³-hybridized carbons (Fsp3) is 0.929. The van der Waals surface area contributed by atoms with Crippen molar-refractivity contribution in [1.29, 1.82) is 0 Å². The highest BCUT2D eigenvalue weighted by Crippen LogP contribution is 2.57. The molecule has 0 heterocycles. The highest BCUT2D eigenvalue weighted by atomic mass is 16.3. The van der Waals surface area contributed by atoms with Crippen LogP contribution in [0.25, 0.3) is 0 Å². The van der Waals surface area contributed by atoms with E-state index >= 15 is 0 Å². The Hall–Kier alpha value is -0.570. The number of rotatable bonds is 3. The summed E-state index contributed by atoms with van der Waals surface area (Å²) in [6.45, 7) is 0.784. The first-order valence-electron chi connectivity index (χ1n) is 7.21. The second-order valence-electron chi connectivity index (χ2n) is 6.22. The fourth-order valence-electron chi connectivity index (χ4n) is 4.02. The van der Waals surface area contributed by atoms with Crippen LogP contribution in [0.1, 0.15) is 44.9 Å². The minimum absolute atomic E-state index is 0.133. The molecule has 3 aliphatic rings. The topological polar surface area (TPSA) is 49.3 Å². The molecule has 4 unspecified atom stereocenters. The maximum Gasteiger partial charge on any atom is 0.223 e. The smallest absolute Gasteiger partial charge is 0.223 e. The Morgan fingerprint density at radius 1 is 1.12 bits per heavy atom. The molecule has 0 aromatic carbocycles. The van der Waals surface area contributed by atoms with Crippen LogP contribution in [-0.4, -0.2) is 23.7 Å². The summed E-state index contributed by atoms with van der Waals surface area (Å²) in [4.78, 5) is 12.0. The van der Waals surface area contributed by atoms with Crippen molar-refractivity contribution in [2.45, 2.75) is 51.0 Å². The van der Waals surface area contributed by atoms with E-state index in [1.54, 1.807) is 0 Å². The van der Waals surface area contributed by atoms with Crippen molar-refractivity contribution in [3.05, 3.63) is 0 Å². The van der Waals surface area contributed by atoms with Crippen LogP contribution in [0, 0.1) is 23.7 Å². The van der Waals surface area contributed by atoms with Crippen LogP contribution in [0.3, 0.4) is 0 Å². The Kier molecular flexibility index (Phi) is 3.12. The third-order valence-corrected chi connectivity index (χ3v) is 5.03. The number of hydrogen-bond acceptors (Lipinski definition) is 2. The summed E-state index contributed by atoms with van der Waals surface area (Å²) in [5, 5.41) is 12.7. The lowest BCUT2D eigenvalue weighted by Crippen LogP contribution is -2.34. The van der Waals surface area contributed by atoms with Gasteiger partial charge >= 0.3 is 0 Å². The maximum atomic E-state index is 12.0. The van der Waals surface area contributed by atoms with Crippen molar-refractivity contribution in [3.63, 3.8) is 0 Å². The second-order valence-corrected chi connectivity index (χ2v) is 6.22. The SMILES string of the molecule is O=C(NCC1CCCC(O)C1)C1C2CCCC21. The quantitative estimate of drug-likeness (QED) is 0.785. The van der Waals surface area contributed by atoms with Crippen LogP contribution in [0.2, 0.25) is 0 Å². The molecule has 0 aromatic rings. The van der Waals surface area contributed by atoms with E-state index in [0.29, 0.717) is 29.6 Å². The Bertz CT molecular complexity index is 295. The molecule has 96 valence electrons. The molecule has 3 heteroatoms. The average Bonchev–Trinajstić information content (AvgIpc) is 2.80. The summed E-state index contributed by atoms with van der Waals surface area (Å²) < 4.78 is 0. The number of nitrogens with one attached hydrogen (secondary N) is 1. The number of carbonyl (C=O) groups excluding carboxylic acids is 1. The maximum absolute atomic E-state index is 12.0. The van der Waals surface area contributed by atoms with Crippen molar-refractivity contribution < 1.29 is 9.90 Å². The number of aliphatic hydroxyl groups excluding tert-OH is 1. The van der Waals surface area contributed by atoms with Gasteiger partial charge in [-0.15, -0.1) is 0 Å². The number of amides is 1. The molecule has 3 fully saturated rings. The molecule has 3 aliphatic carbocycles. The molecule has 0 aliphatic heterocycles. The van der Waals surface area contributed by atoms with E-state index in [0.717, 1.165) is 32.2 Å². The lowest BCUT2D eigenvalue weighted by atomic mass is 9.87. The van der Waals surface area contributed by atoms with Gasteiger partial charge in [0.2, 0.25) is 5.91 Å². The number of hydrogen-bond donors (Lipinski definition) is 2.